The molecule has 1 heterocycles. The maximum atomic E-state index is 13.4. The van der Waals surface area contributed by atoms with Crippen LogP contribution in [0.5, 0.6) is 0 Å². The van der Waals surface area contributed by atoms with E-state index in [1.807, 2.05) is 4.98 Å². The number of aromatic amines is 1. The van der Waals surface area contributed by atoms with Crippen molar-refractivity contribution < 1.29 is 22.0 Å². The van der Waals surface area contributed by atoms with E-state index in [1.54, 1.807) is 0 Å². The molecule has 0 aliphatic heterocycles. The summed E-state index contributed by atoms with van der Waals surface area (Å²) in [6, 6.07) is 1.90. The van der Waals surface area contributed by atoms with Crippen molar-refractivity contribution >= 4 is 0 Å². The quantitative estimate of drug-likeness (QED) is 0.814. The maximum absolute atomic E-state index is 13.4. The summed E-state index contributed by atoms with van der Waals surface area (Å²) < 4.78 is 64.0. The summed E-state index contributed by atoms with van der Waals surface area (Å²) >= 11 is 0. The number of nitrogens with one attached hydrogen (secondary N) is 1. The Balaban J connectivity index is 2.64. The van der Waals surface area contributed by atoms with Gasteiger partial charge in [-0.25, -0.2) is 13.6 Å². The molecule has 1 aromatic carbocycles. The zero-order valence-electron chi connectivity index (χ0n) is 9.05. The smallest absolute Gasteiger partial charge is 0.303 e. The number of hydrogen-bond acceptors (Lipinski definition) is 2. The van der Waals surface area contributed by atoms with Gasteiger partial charge in [-0.1, -0.05) is 0 Å². The molecule has 0 aliphatic rings. The van der Waals surface area contributed by atoms with Crippen LogP contribution in [0.1, 0.15) is 5.56 Å². The summed E-state index contributed by atoms with van der Waals surface area (Å²) in [6.45, 7) is 0. The monoisotopic (exact) mass is 276 g/mol. The highest BCUT2D eigenvalue weighted by Crippen LogP contribution is 2.34. The van der Waals surface area contributed by atoms with Crippen LogP contribution in [0.4, 0.5) is 22.0 Å². The first-order chi connectivity index (χ1) is 8.79. The molecule has 1 N–H and O–H groups in total. The van der Waals surface area contributed by atoms with Crippen LogP contribution >= 0.6 is 0 Å². The summed E-state index contributed by atoms with van der Waals surface area (Å²) in [4.78, 5) is 16.0. The number of hydrogen-bond donors (Lipinski definition) is 1. The molecular formula is C11H5F5N2O. The van der Waals surface area contributed by atoms with Gasteiger partial charge in [-0.3, -0.25) is 0 Å². The van der Waals surface area contributed by atoms with Gasteiger partial charge >= 0.3 is 11.9 Å². The fourth-order valence-electron chi connectivity index (χ4n) is 1.49. The molecule has 100 valence electrons. The standard InChI is InChI=1S/C11H5F5N2O/c12-7-2-1-5(3-6(7)11(14,15)16)9-8(13)4-17-10(19)18-9/h1-4H,(H,17,18,19). The number of rotatable bonds is 1. The van der Waals surface area contributed by atoms with Crippen molar-refractivity contribution in [2.24, 2.45) is 0 Å². The minimum atomic E-state index is -4.91. The SMILES string of the molecule is O=c1ncc(F)c(-c2ccc(F)c(C(F)(F)F)c2)[nH]1. The maximum Gasteiger partial charge on any atom is 0.419 e. The van der Waals surface area contributed by atoms with Crippen molar-refractivity contribution in [3.63, 3.8) is 0 Å². The molecule has 19 heavy (non-hydrogen) atoms. The van der Waals surface area contributed by atoms with Crippen LogP contribution in [0.3, 0.4) is 0 Å². The molecule has 0 saturated carbocycles. The minimum Gasteiger partial charge on any atom is -0.303 e. The van der Waals surface area contributed by atoms with Gasteiger partial charge in [0.05, 0.1) is 17.5 Å². The number of benzene rings is 1. The Morgan fingerprint density at radius 1 is 1.11 bits per heavy atom. The van der Waals surface area contributed by atoms with E-state index in [-0.39, 0.29) is 5.56 Å². The third kappa shape index (κ3) is 2.61. The summed E-state index contributed by atoms with van der Waals surface area (Å²) in [6.07, 6.45) is -4.34. The third-order valence-corrected chi connectivity index (χ3v) is 2.33. The molecule has 2 rings (SSSR count). The van der Waals surface area contributed by atoms with Crippen LogP contribution in [-0.2, 0) is 6.18 Å². The van der Waals surface area contributed by atoms with Crippen LogP contribution in [0.25, 0.3) is 11.3 Å². The zero-order chi connectivity index (χ0) is 14.2. The van der Waals surface area contributed by atoms with Crippen molar-refractivity contribution in [1.29, 1.82) is 0 Å². The number of alkyl halides is 3. The highest BCUT2D eigenvalue weighted by atomic mass is 19.4. The first-order valence-electron chi connectivity index (χ1n) is 4.91. The Labute approximate surface area is 102 Å². The van der Waals surface area contributed by atoms with Gasteiger partial charge in [0.15, 0.2) is 5.82 Å². The molecule has 0 radical (unpaired) electrons. The Morgan fingerprint density at radius 2 is 1.79 bits per heavy atom. The lowest BCUT2D eigenvalue weighted by molar-refractivity contribution is -0.139. The summed E-state index contributed by atoms with van der Waals surface area (Å²) in [5, 5.41) is 0. The molecule has 0 spiro atoms. The van der Waals surface area contributed by atoms with E-state index in [2.05, 4.69) is 4.98 Å². The molecule has 1 aromatic heterocycles. The van der Waals surface area contributed by atoms with Gasteiger partial charge in [-0.15, -0.1) is 0 Å². The van der Waals surface area contributed by atoms with Crippen molar-refractivity contribution in [3.05, 3.63) is 52.1 Å². The highest BCUT2D eigenvalue weighted by Gasteiger charge is 2.34. The molecule has 0 fully saturated rings. The predicted molar refractivity (Wildman–Crippen MR) is 55.2 cm³/mol. The number of H-pyrrole nitrogens is 1. The topological polar surface area (TPSA) is 45.8 Å². The molecule has 0 aliphatic carbocycles. The summed E-state index contributed by atoms with van der Waals surface area (Å²) in [5.74, 6) is -2.49. The second-order valence-electron chi connectivity index (χ2n) is 3.60. The van der Waals surface area contributed by atoms with Gasteiger partial charge in [0, 0.05) is 5.56 Å². The third-order valence-electron chi connectivity index (χ3n) is 2.33. The van der Waals surface area contributed by atoms with E-state index in [0.717, 1.165) is 6.07 Å². The van der Waals surface area contributed by atoms with E-state index in [9.17, 15) is 26.7 Å². The number of nitrogens with zero attached hydrogens (tertiary/aromatic N) is 1. The Morgan fingerprint density at radius 3 is 2.42 bits per heavy atom. The first kappa shape index (κ1) is 13.2. The van der Waals surface area contributed by atoms with Crippen LogP contribution in [-0.4, -0.2) is 9.97 Å². The minimum absolute atomic E-state index is 0.300. The van der Waals surface area contributed by atoms with Crippen molar-refractivity contribution in [3.8, 4) is 11.3 Å². The average Bonchev–Trinajstić information content (AvgIpc) is 2.31. The van der Waals surface area contributed by atoms with Crippen molar-refractivity contribution in [2.75, 3.05) is 0 Å². The molecule has 0 unspecified atom stereocenters. The molecule has 0 saturated heterocycles. The van der Waals surface area contributed by atoms with Crippen LogP contribution in [0, 0.1) is 11.6 Å². The lowest BCUT2D eigenvalue weighted by Crippen LogP contribution is -2.13. The molecule has 3 nitrogen and oxygen atoms in total. The Bertz CT molecular complexity index is 678. The van der Waals surface area contributed by atoms with E-state index < -0.39 is 34.8 Å². The fraction of sp³-hybridized carbons (Fsp3) is 0.0909. The normalized spacial score (nSPS) is 11.6. The zero-order valence-corrected chi connectivity index (χ0v) is 9.05. The van der Waals surface area contributed by atoms with Gasteiger partial charge in [0.2, 0.25) is 0 Å². The molecule has 0 amide bonds. The predicted octanol–water partition coefficient (Wildman–Crippen LogP) is 2.73. The lowest BCUT2D eigenvalue weighted by atomic mass is 10.1. The van der Waals surface area contributed by atoms with Crippen molar-refractivity contribution in [1.82, 2.24) is 9.97 Å². The highest BCUT2D eigenvalue weighted by molar-refractivity contribution is 5.60. The molecule has 0 atom stereocenters. The van der Waals surface area contributed by atoms with E-state index in [0.29, 0.717) is 18.3 Å². The molecular weight excluding hydrogens is 271 g/mol. The molecule has 8 heteroatoms. The number of aromatic nitrogens is 2. The average molecular weight is 276 g/mol. The molecule has 0 bridgehead atoms. The van der Waals surface area contributed by atoms with Crippen LogP contribution < -0.4 is 5.69 Å². The van der Waals surface area contributed by atoms with E-state index in [4.69, 9.17) is 0 Å². The summed E-state index contributed by atoms with van der Waals surface area (Å²) in [5.41, 5.74) is -3.24. The molecule has 2 aromatic rings. The van der Waals surface area contributed by atoms with Gasteiger partial charge in [0.25, 0.3) is 0 Å². The first-order valence-corrected chi connectivity index (χ1v) is 4.91. The van der Waals surface area contributed by atoms with Crippen LogP contribution in [0.2, 0.25) is 0 Å². The second kappa shape index (κ2) is 4.45. The van der Waals surface area contributed by atoms with Gasteiger partial charge in [0.1, 0.15) is 5.82 Å². The van der Waals surface area contributed by atoms with Crippen LogP contribution in [0.15, 0.2) is 29.2 Å². The van der Waals surface area contributed by atoms with Gasteiger partial charge in [-0.2, -0.15) is 18.2 Å². The Hall–Kier alpha value is -2.25. The van der Waals surface area contributed by atoms with Gasteiger partial charge in [-0.05, 0) is 18.2 Å². The van der Waals surface area contributed by atoms with Crippen molar-refractivity contribution in [2.45, 2.75) is 6.18 Å². The Kier molecular flexibility index (Phi) is 3.09. The van der Waals surface area contributed by atoms with Gasteiger partial charge < -0.3 is 4.98 Å². The lowest BCUT2D eigenvalue weighted by Gasteiger charge is -2.10. The van der Waals surface area contributed by atoms with E-state index >= 15 is 0 Å². The van der Waals surface area contributed by atoms with E-state index in [1.165, 1.54) is 0 Å². The second-order valence-corrected chi connectivity index (χ2v) is 3.60. The largest absolute Gasteiger partial charge is 0.419 e. The summed E-state index contributed by atoms with van der Waals surface area (Å²) in [7, 11) is 0. The fourth-order valence-corrected chi connectivity index (χ4v) is 1.49. The number of halogens is 5.